The Balaban J connectivity index is 1.43. The minimum absolute atomic E-state index is 0.614. The molecule has 2 aromatic rings. The van der Waals surface area contributed by atoms with Gasteiger partial charge in [0.25, 0.3) is 0 Å². The summed E-state index contributed by atoms with van der Waals surface area (Å²) < 4.78 is 5.60. The number of aryl methyl sites for hydroxylation is 1. The third-order valence-corrected chi connectivity index (χ3v) is 6.41. The van der Waals surface area contributed by atoms with Crippen molar-refractivity contribution in [1.29, 1.82) is 0 Å². The van der Waals surface area contributed by atoms with Gasteiger partial charge in [0.2, 0.25) is 5.88 Å². The van der Waals surface area contributed by atoms with Crippen LogP contribution in [0.15, 0.2) is 36.4 Å². The molecule has 0 saturated heterocycles. The first-order valence-electron chi connectivity index (χ1n) is 11.8. The lowest BCUT2D eigenvalue weighted by Gasteiger charge is -2.28. The third-order valence-electron chi connectivity index (χ3n) is 6.41. The number of ether oxygens (including phenoxy) is 1. The van der Waals surface area contributed by atoms with Gasteiger partial charge in [-0.3, -0.25) is 0 Å². The molecule has 1 aliphatic rings. The van der Waals surface area contributed by atoms with E-state index in [-0.39, 0.29) is 0 Å². The van der Waals surface area contributed by atoms with E-state index in [1.165, 1.54) is 63.4 Å². The predicted octanol–water partition coefficient (Wildman–Crippen LogP) is 7.25. The van der Waals surface area contributed by atoms with Crippen molar-refractivity contribution in [2.75, 3.05) is 6.61 Å². The molecule has 29 heavy (non-hydrogen) atoms. The van der Waals surface area contributed by atoms with Crippen molar-refractivity contribution in [3.05, 3.63) is 42.0 Å². The lowest BCUT2D eigenvalue weighted by Crippen LogP contribution is -2.15. The second kappa shape index (κ2) is 11.9. The second-order valence-electron chi connectivity index (χ2n) is 8.72. The number of nitrogens with zero attached hydrogens (tertiary/aromatic N) is 2. The fourth-order valence-electron chi connectivity index (χ4n) is 4.39. The summed E-state index contributed by atoms with van der Waals surface area (Å²) in [6.07, 6.45) is 14.7. The Morgan fingerprint density at radius 1 is 0.793 bits per heavy atom. The molecule has 3 nitrogen and oxygen atoms in total. The van der Waals surface area contributed by atoms with Crippen molar-refractivity contribution < 1.29 is 4.74 Å². The topological polar surface area (TPSA) is 35.0 Å². The zero-order chi connectivity index (χ0) is 20.3. The van der Waals surface area contributed by atoms with Gasteiger partial charge in [-0.1, -0.05) is 89.5 Å². The maximum Gasteiger partial charge on any atom is 0.233 e. The Kier molecular flexibility index (Phi) is 8.98. The van der Waals surface area contributed by atoms with Gasteiger partial charge in [-0.15, -0.1) is 10.2 Å². The van der Waals surface area contributed by atoms with Gasteiger partial charge >= 0.3 is 0 Å². The first kappa shape index (κ1) is 21.8. The van der Waals surface area contributed by atoms with E-state index in [1.54, 1.807) is 0 Å². The molecule has 0 spiro atoms. The number of rotatable bonds is 11. The Labute approximate surface area is 177 Å². The zero-order valence-electron chi connectivity index (χ0n) is 18.4. The van der Waals surface area contributed by atoms with Crippen LogP contribution >= 0.6 is 0 Å². The van der Waals surface area contributed by atoms with Crippen molar-refractivity contribution in [2.45, 2.75) is 84.5 Å². The first-order chi connectivity index (χ1) is 14.3. The van der Waals surface area contributed by atoms with Crippen LogP contribution < -0.4 is 4.74 Å². The number of unbranched alkanes of at least 4 members (excludes halogenated alkanes) is 2. The molecule has 1 aromatic carbocycles. The molecule has 0 atom stereocenters. The highest BCUT2D eigenvalue weighted by atomic mass is 16.5. The van der Waals surface area contributed by atoms with Gasteiger partial charge < -0.3 is 4.74 Å². The van der Waals surface area contributed by atoms with Crippen molar-refractivity contribution in [2.24, 2.45) is 11.8 Å². The number of benzene rings is 1. The average molecular weight is 395 g/mol. The minimum Gasteiger partial charge on any atom is -0.477 e. The Morgan fingerprint density at radius 3 is 2.10 bits per heavy atom. The molecule has 158 valence electrons. The van der Waals surface area contributed by atoms with E-state index in [9.17, 15) is 0 Å². The normalized spacial score (nSPS) is 19.2. The van der Waals surface area contributed by atoms with E-state index < -0.39 is 0 Å². The maximum absolute atomic E-state index is 5.60. The Morgan fingerprint density at radius 2 is 1.48 bits per heavy atom. The van der Waals surface area contributed by atoms with E-state index >= 15 is 0 Å². The molecule has 0 aliphatic heterocycles. The van der Waals surface area contributed by atoms with Crippen LogP contribution in [0.5, 0.6) is 5.88 Å². The van der Waals surface area contributed by atoms with Crippen LogP contribution in [0.1, 0.15) is 83.6 Å². The van der Waals surface area contributed by atoms with Crippen LogP contribution in [0.3, 0.4) is 0 Å². The van der Waals surface area contributed by atoms with Crippen LogP contribution in [0.2, 0.25) is 0 Å². The van der Waals surface area contributed by atoms with E-state index in [0.29, 0.717) is 12.5 Å². The molecule has 3 rings (SSSR count). The quantitative estimate of drug-likeness (QED) is 0.376. The van der Waals surface area contributed by atoms with Crippen LogP contribution in [-0.4, -0.2) is 16.8 Å². The van der Waals surface area contributed by atoms with Gasteiger partial charge in [0, 0.05) is 11.6 Å². The predicted molar refractivity (Wildman–Crippen MR) is 121 cm³/mol. The molecule has 1 aliphatic carbocycles. The SMILES string of the molecule is CCCCOc1ccc(-c2ccc(CCC3CCC(CCCC)CC3)cc2)nn1. The molecule has 1 heterocycles. The third kappa shape index (κ3) is 7.13. The molecule has 0 bridgehead atoms. The summed E-state index contributed by atoms with van der Waals surface area (Å²) in [5, 5.41) is 8.53. The lowest BCUT2D eigenvalue weighted by atomic mass is 9.78. The first-order valence-corrected chi connectivity index (χ1v) is 11.8. The minimum atomic E-state index is 0.614. The van der Waals surface area contributed by atoms with E-state index in [1.807, 2.05) is 12.1 Å². The van der Waals surface area contributed by atoms with Gasteiger partial charge in [-0.05, 0) is 42.7 Å². The fraction of sp³-hybridized carbons (Fsp3) is 0.615. The van der Waals surface area contributed by atoms with Crippen LogP contribution in [0.25, 0.3) is 11.3 Å². The number of hydrogen-bond acceptors (Lipinski definition) is 3. The fourth-order valence-corrected chi connectivity index (χ4v) is 4.39. The van der Waals surface area contributed by atoms with E-state index in [2.05, 4.69) is 48.3 Å². The lowest BCUT2D eigenvalue weighted by molar-refractivity contribution is 0.250. The number of hydrogen-bond donors (Lipinski definition) is 0. The Hall–Kier alpha value is -1.90. The summed E-state index contributed by atoms with van der Waals surface area (Å²) >= 11 is 0. The summed E-state index contributed by atoms with van der Waals surface area (Å²) in [7, 11) is 0. The second-order valence-corrected chi connectivity index (χ2v) is 8.72. The zero-order valence-corrected chi connectivity index (χ0v) is 18.4. The van der Waals surface area contributed by atoms with Crippen molar-refractivity contribution in [3.8, 4) is 17.1 Å². The molecular weight excluding hydrogens is 356 g/mol. The van der Waals surface area contributed by atoms with Crippen molar-refractivity contribution in [1.82, 2.24) is 10.2 Å². The largest absolute Gasteiger partial charge is 0.477 e. The Bertz CT molecular complexity index is 688. The standard InChI is InChI=1S/C26H38N2O/c1-3-5-7-21-8-10-22(11-9-21)12-13-23-14-16-24(17-15-23)25-18-19-26(28-27-25)29-20-6-4-2/h14-19,21-22H,3-13,20H2,1-2H3. The summed E-state index contributed by atoms with van der Waals surface area (Å²) in [6, 6.07) is 12.8. The van der Waals surface area contributed by atoms with Crippen molar-refractivity contribution in [3.63, 3.8) is 0 Å². The van der Waals surface area contributed by atoms with Gasteiger partial charge in [-0.25, -0.2) is 0 Å². The van der Waals surface area contributed by atoms with Crippen molar-refractivity contribution >= 4 is 0 Å². The highest BCUT2D eigenvalue weighted by molar-refractivity contribution is 5.59. The molecule has 0 unspecified atom stereocenters. The number of aromatic nitrogens is 2. The van der Waals surface area contributed by atoms with Gasteiger partial charge in [-0.2, -0.15) is 0 Å². The molecular formula is C26H38N2O. The molecule has 1 aromatic heterocycles. The maximum atomic E-state index is 5.60. The van der Waals surface area contributed by atoms with Gasteiger partial charge in [0.05, 0.1) is 12.3 Å². The average Bonchev–Trinajstić information content (AvgIpc) is 2.78. The summed E-state index contributed by atoms with van der Waals surface area (Å²) in [4.78, 5) is 0. The molecule has 3 heteroatoms. The van der Waals surface area contributed by atoms with Crippen LogP contribution in [-0.2, 0) is 6.42 Å². The summed E-state index contributed by atoms with van der Waals surface area (Å²) in [5.41, 5.74) is 3.47. The van der Waals surface area contributed by atoms with Crippen LogP contribution in [0, 0.1) is 11.8 Å². The molecule has 1 saturated carbocycles. The smallest absolute Gasteiger partial charge is 0.233 e. The molecule has 0 amide bonds. The highest BCUT2D eigenvalue weighted by Gasteiger charge is 2.20. The molecule has 0 radical (unpaired) electrons. The van der Waals surface area contributed by atoms with Crippen LogP contribution in [0.4, 0.5) is 0 Å². The molecule has 1 fully saturated rings. The van der Waals surface area contributed by atoms with Gasteiger partial charge in [0.15, 0.2) is 0 Å². The monoisotopic (exact) mass is 394 g/mol. The summed E-state index contributed by atoms with van der Waals surface area (Å²) in [6.45, 7) is 5.17. The van der Waals surface area contributed by atoms with E-state index in [4.69, 9.17) is 4.74 Å². The van der Waals surface area contributed by atoms with E-state index in [0.717, 1.165) is 35.9 Å². The molecule has 0 N–H and O–H groups in total. The highest BCUT2D eigenvalue weighted by Crippen LogP contribution is 2.34. The van der Waals surface area contributed by atoms with Gasteiger partial charge in [0.1, 0.15) is 0 Å². The summed E-state index contributed by atoms with van der Waals surface area (Å²) in [5.74, 6) is 2.55.